The van der Waals surface area contributed by atoms with E-state index in [9.17, 15) is 9.59 Å². The summed E-state index contributed by atoms with van der Waals surface area (Å²) in [4.78, 5) is 31.9. The molecule has 0 radical (unpaired) electrons. The number of imidazole rings is 1. The van der Waals surface area contributed by atoms with E-state index >= 15 is 4.39 Å². The number of thiazole rings is 1. The first-order valence-corrected chi connectivity index (χ1v) is 12.6. The third-order valence-electron chi connectivity index (χ3n) is 6.68. The van der Waals surface area contributed by atoms with E-state index in [-0.39, 0.29) is 17.6 Å². The van der Waals surface area contributed by atoms with Gasteiger partial charge in [-0.25, -0.2) is 14.2 Å². The molecule has 3 heterocycles. The minimum Gasteiger partial charge on any atom is -0.496 e. The highest BCUT2D eigenvalue weighted by Crippen LogP contribution is 2.36. The van der Waals surface area contributed by atoms with Crippen molar-refractivity contribution in [3.8, 4) is 17.0 Å². The number of carbonyl (C=O) groups is 2. The molecule has 5 rings (SSSR count). The van der Waals surface area contributed by atoms with Gasteiger partial charge in [0.2, 0.25) is 5.91 Å². The van der Waals surface area contributed by atoms with Crippen LogP contribution in [-0.2, 0) is 9.53 Å². The summed E-state index contributed by atoms with van der Waals surface area (Å²) in [6.07, 6.45) is 2.62. The zero-order chi connectivity index (χ0) is 25.8. The van der Waals surface area contributed by atoms with Crippen molar-refractivity contribution in [1.29, 1.82) is 0 Å². The first kappa shape index (κ1) is 24.2. The highest BCUT2D eigenvalue weighted by Gasteiger charge is 2.33. The topological polar surface area (TPSA) is 73.1 Å². The molecule has 1 saturated heterocycles. The molecule has 36 heavy (non-hydrogen) atoms. The van der Waals surface area contributed by atoms with Crippen LogP contribution in [0.4, 0.5) is 4.39 Å². The van der Waals surface area contributed by atoms with Gasteiger partial charge in [-0.05, 0) is 30.2 Å². The number of esters is 1. The van der Waals surface area contributed by atoms with Gasteiger partial charge in [0.1, 0.15) is 17.1 Å². The first-order chi connectivity index (χ1) is 17.1. The van der Waals surface area contributed by atoms with Gasteiger partial charge in [-0.2, -0.15) is 0 Å². The maximum absolute atomic E-state index is 15.3. The van der Waals surface area contributed by atoms with E-state index in [4.69, 9.17) is 9.47 Å². The van der Waals surface area contributed by atoms with Crippen molar-refractivity contribution in [2.24, 2.45) is 5.41 Å². The van der Waals surface area contributed by atoms with Crippen molar-refractivity contribution in [2.45, 2.75) is 33.1 Å². The Hall–Kier alpha value is -3.46. The fourth-order valence-corrected chi connectivity index (χ4v) is 5.81. The molecule has 1 atom stereocenters. The van der Waals surface area contributed by atoms with Crippen LogP contribution < -0.4 is 4.74 Å². The average Bonchev–Trinajstić information content (AvgIpc) is 3.56. The lowest BCUT2D eigenvalue weighted by molar-refractivity contribution is -0.138. The second kappa shape index (κ2) is 8.89. The molecule has 1 aliphatic heterocycles. The Morgan fingerprint density at radius 3 is 2.61 bits per heavy atom. The predicted octanol–water partition coefficient (Wildman–Crippen LogP) is 5.51. The number of rotatable bonds is 4. The van der Waals surface area contributed by atoms with Crippen LogP contribution in [-0.4, -0.2) is 53.5 Å². The smallest absolute Gasteiger partial charge is 0.341 e. The van der Waals surface area contributed by atoms with E-state index < -0.39 is 11.4 Å². The highest BCUT2D eigenvalue weighted by atomic mass is 32.1. The number of carbonyl (C=O) groups excluding carboxylic acids is 2. The SMILES string of the molecule is COC(=O)c1cc2sc3nc(-c4ccc(C5CCN(C(=O)C(C)(C)C)C5)cc4F)cn3c2cc1OC. The van der Waals surface area contributed by atoms with Crippen LogP contribution in [0, 0.1) is 11.2 Å². The Bertz CT molecular complexity index is 1500. The van der Waals surface area contributed by atoms with Gasteiger partial charge in [0.25, 0.3) is 0 Å². The van der Waals surface area contributed by atoms with Gasteiger partial charge in [-0.3, -0.25) is 9.20 Å². The Labute approximate surface area is 212 Å². The van der Waals surface area contributed by atoms with Gasteiger partial charge in [-0.1, -0.05) is 38.2 Å². The highest BCUT2D eigenvalue weighted by molar-refractivity contribution is 7.23. The molecule has 4 aromatic rings. The number of fused-ring (bicyclic) bond motifs is 3. The molecule has 2 aromatic carbocycles. The predicted molar refractivity (Wildman–Crippen MR) is 137 cm³/mol. The van der Waals surface area contributed by atoms with E-state index in [1.165, 1.54) is 25.6 Å². The van der Waals surface area contributed by atoms with Gasteiger partial charge in [0.05, 0.1) is 30.1 Å². The van der Waals surface area contributed by atoms with E-state index in [2.05, 4.69) is 4.98 Å². The number of aromatic nitrogens is 2. The summed E-state index contributed by atoms with van der Waals surface area (Å²) < 4.78 is 28.3. The standard InChI is InChI=1S/C27H28FN3O4S/c1-27(2,3)25(33)30-9-8-16(13-30)15-6-7-17(19(28)10-15)20-14-31-21-12-22(34-4)18(24(32)35-5)11-23(21)36-26(31)29-20/h6-7,10-12,14,16H,8-9,13H2,1-5H3. The van der Waals surface area contributed by atoms with E-state index in [1.54, 1.807) is 30.5 Å². The lowest BCUT2D eigenvalue weighted by Gasteiger charge is -2.25. The maximum atomic E-state index is 15.3. The second-order valence-electron chi connectivity index (χ2n) is 10.1. The Morgan fingerprint density at radius 1 is 1.17 bits per heavy atom. The number of methoxy groups -OCH3 is 2. The van der Waals surface area contributed by atoms with Gasteiger partial charge in [-0.15, -0.1) is 0 Å². The normalized spacial score (nSPS) is 16.2. The number of hydrogen-bond acceptors (Lipinski definition) is 6. The number of halogens is 1. The zero-order valence-corrected chi connectivity index (χ0v) is 21.7. The first-order valence-electron chi connectivity index (χ1n) is 11.8. The van der Waals surface area contributed by atoms with Gasteiger partial charge < -0.3 is 14.4 Å². The number of likely N-dealkylation sites (tertiary alicyclic amines) is 1. The monoisotopic (exact) mass is 509 g/mol. The lowest BCUT2D eigenvalue weighted by atomic mass is 9.94. The molecule has 0 N–H and O–H groups in total. The van der Waals surface area contributed by atoms with Crippen molar-refractivity contribution >= 4 is 38.4 Å². The minimum atomic E-state index is -0.476. The Morgan fingerprint density at radius 2 is 1.94 bits per heavy atom. The van der Waals surface area contributed by atoms with Crippen LogP contribution in [0.25, 0.3) is 26.4 Å². The summed E-state index contributed by atoms with van der Waals surface area (Å²) in [7, 11) is 2.82. The number of hydrogen-bond donors (Lipinski definition) is 0. The van der Waals surface area contributed by atoms with Crippen LogP contribution in [0.3, 0.4) is 0 Å². The molecule has 0 spiro atoms. The summed E-state index contributed by atoms with van der Waals surface area (Å²) in [6.45, 7) is 7.06. The fourth-order valence-electron chi connectivity index (χ4n) is 4.78. The van der Waals surface area contributed by atoms with Crippen molar-refractivity contribution < 1.29 is 23.5 Å². The second-order valence-corrected chi connectivity index (χ2v) is 11.1. The van der Waals surface area contributed by atoms with Crippen molar-refractivity contribution in [1.82, 2.24) is 14.3 Å². The summed E-state index contributed by atoms with van der Waals surface area (Å²) in [6, 6.07) is 8.77. The number of amides is 1. The largest absolute Gasteiger partial charge is 0.496 e. The number of benzene rings is 2. The van der Waals surface area contributed by atoms with Crippen LogP contribution in [0.2, 0.25) is 0 Å². The minimum absolute atomic E-state index is 0.116. The summed E-state index contributed by atoms with van der Waals surface area (Å²) in [5, 5.41) is 0. The quantitative estimate of drug-likeness (QED) is 0.339. The number of ether oxygens (including phenoxy) is 2. The van der Waals surface area contributed by atoms with E-state index in [1.807, 2.05) is 36.1 Å². The molecular weight excluding hydrogens is 481 g/mol. The average molecular weight is 510 g/mol. The van der Waals surface area contributed by atoms with Crippen LogP contribution in [0.15, 0.2) is 36.5 Å². The third kappa shape index (κ3) is 4.11. The summed E-state index contributed by atoms with van der Waals surface area (Å²) >= 11 is 1.40. The third-order valence-corrected chi connectivity index (χ3v) is 7.70. The maximum Gasteiger partial charge on any atom is 0.341 e. The lowest BCUT2D eigenvalue weighted by Crippen LogP contribution is -2.37. The molecule has 0 aliphatic carbocycles. The molecule has 1 amide bonds. The molecule has 0 bridgehead atoms. The van der Waals surface area contributed by atoms with Gasteiger partial charge >= 0.3 is 5.97 Å². The van der Waals surface area contributed by atoms with Crippen LogP contribution in [0.5, 0.6) is 5.75 Å². The van der Waals surface area contributed by atoms with Gasteiger partial charge in [0.15, 0.2) is 4.96 Å². The number of nitrogens with zero attached hydrogens (tertiary/aromatic N) is 3. The van der Waals surface area contributed by atoms with Crippen LogP contribution in [0.1, 0.15) is 49.0 Å². The Balaban J connectivity index is 1.44. The van der Waals surface area contributed by atoms with E-state index in [0.717, 1.165) is 22.2 Å². The van der Waals surface area contributed by atoms with Crippen LogP contribution >= 0.6 is 11.3 Å². The molecule has 1 unspecified atom stereocenters. The van der Waals surface area contributed by atoms with Gasteiger partial charge in [0, 0.05) is 42.2 Å². The molecular formula is C27H28FN3O4S. The molecule has 9 heteroatoms. The van der Waals surface area contributed by atoms with Crippen molar-refractivity contribution in [3.63, 3.8) is 0 Å². The molecule has 2 aromatic heterocycles. The van der Waals surface area contributed by atoms with Crippen molar-refractivity contribution in [2.75, 3.05) is 27.3 Å². The zero-order valence-electron chi connectivity index (χ0n) is 20.9. The van der Waals surface area contributed by atoms with Crippen molar-refractivity contribution in [3.05, 3.63) is 53.5 Å². The van der Waals surface area contributed by atoms with E-state index in [0.29, 0.717) is 40.6 Å². The summed E-state index contributed by atoms with van der Waals surface area (Å²) in [5.41, 5.74) is 2.57. The fraction of sp³-hybridized carbons (Fsp3) is 0.370. The molecule has 188 valence electrons. The summed E-state index contributed by atoms with van der Waals surface area (Å²) in [5.74, 6) is -0.173. The molecule has 1 aliphatic rings. The molecule has 1 fully saturated rings. The Kier molecular flexibility index (Phi) is 5.98. The molecule has 0 saturated carbocycles. The molecule has 7 nitrogen and oxygen atoms in total.